The Morgan fingerprint density at radius 3 is 2.88 bits per heavy atom. The van der Waals surface area contributed by atoms with Crippen LogP contribution in [0.15, 0.2) is 24.5 Å². The van der Waals surface area contributed by atoms with Crippen LogP contribution >= 0.6 is 0 Å². The van der Waals surface area contributed by atoms with Crippen molar-refractivity contribution in [2.75, 3.05) is 39.3 Å². The lowest BCUT2D eigenvalue weighted by molar-refractivity contribution is 0.185. The molecule has 16 heavy (non-hydrogen) atoms. The number of piperazine rings is 1. The number of nitrogens with zero attached hydrogens (tertiary/aromatic N) is 2. The summed E-state index contributed by atoms with van der Waals surface area (Å²) in [4.78, 5) is 6.50. The number of hydrogen-bond donors (Lipinski definition) is 2. The maximum absolute atomic E-state index is 9.44. The van der Waals surface area contributed by atoms with Gasteiger partial charge in [0.15, 0.2) is 0 Å². The molecular formula is C12H19N3O. The lowest BCUT2D eigenvalue weighted by atomic mass is 10.0. The van der Waals surface area contributed by atoms with Gasteiger partial charge in [-0.25, -0.2) is 0 Å². The van der Waals surface area contributed by atoms with Crippen molar-refractivity contribution in [3.8, 4) is 0 Å². The maximum Gasteiger partial charge on any atom is 0.0512 e. The Hall–Kier alpha value is -0.970. The second kappa shape index (κ2) is 5.94. The van der Waals surface area contributed by atoms with Crippen LogP contribution in [0.1, 0.15) is 11.5 Å². The van der Waals surface area contributed by atoms with E-state index in [1.807, 2.05) is 18.3 Å². The fraction of sp³-hybridized carbons (Fsp3) is 0.583. The summed E-state index contributed by atoms with van der Waals surface area (Å²) in [5.74, 6) is 0.187. The Kier molecular flexibility index (Phi) is 4.27. The molecular weight excluding hydrogens is 202 g/mol. The molecule has 1 aliphatic rings. The molecule has 1 aromatic rings. The van der Waals surface area contributed by atoms with Crippen LogP contribution in [-0.4, -0.2) is 54.3 Å². The Bertz CT molecular complexity index is 298. The zero-order chi connectivity index (χ0) is 11.2. The molecule has 4 heteroatoms. The molecule has 0 aromatic carbocycles. The van der Waals surface area contributed by atoms with Crippen LogP contribution in [0.25, 0.3) is 0 Å². The van der Waals surface area contributed by atoms with Gasteiger partial charge in [0.05, 0.1) is 6.61 Å². The second-order valence-electron chi connectivity index (χ2n) is 4.22. The predicted molar refractivity (Wildman–Crippen MR) is 63.4 cm³/mol. The highest BCUT2D eigenvalue weighted by atomic mass is 16.3. The molecule has 2 heterocycles. The molecule has 4 nitrogen and oxygen atoms in total. The van der Waals surface area contributed by atoms with Gasteiger partial charge in [-0.2, -0.15) is 0 Å². The van der Waals surface area contributed by atoms with Crippen molar-refractivity contribution in [2.24, 2.45) is 0 Å². The van der Waals surface area contributed by atoms with Gasteiger partial charge in [-0.3, -0.25) is 4.98 Å². The predicted octanol–water partition coefficient (Wildman–Crippen LogP) is 0.0627. The Morgan fingerprint density at radius 1 is 1.44 bits per heavy atom. The Labute approximate surface area is 96.3 Å². The second-order valence-corrected chi connectivity index (χ2v) is 4.22. The third kappa shape index (κ3) is 3.01. The molecule has 1 aromatic heterocycles. The lowest BCUT2D eigenvalue weighted by Gasteiger charge is -2.30. The molecule has 0 amide bonds. The average Bonchev–Trinajstić information content (AvgIpc) is 2.38. The zero-order valence-corrected chi connectivity index (χ0v) is 9.47. The number of aliphatic hydroxyl groups excluding tert-OH is 1. The monoisotopic (exact) mass is 221 g/mol. The van der Waals surface area contributed by atoms with Gasteiger partial charge in [-0.15, -0.1) is 0 Å². The van der Waals surface area contributed by atoms with Gasteiger partial charge in [-0.05, 0) is 11.6 Å². The van der Waals surface area contributed by atoms with Crippen LogP contribution in [0, 0.1) is 0 Å². The van der Waals surface area contributed by atoms with Crippen molar-refractivity contribution in [3.05, 3.63) is 30.1 Å². The minimum absolute atomic E-state index is 0.187. The summed E-state index contributed by atoms with van der Waals surface area (Å²) in [5.41, 5.74) is 1.13. The normalized spacial score (nSPS) is 19.6. The van der Waals surface area contributed by atoms with Gasteiger partial charge >= 0.3 is 0 Å². The highest BCUT2D eigenvalue weighted by Gasteiger charge is 2.17. The molecule has 1 atom stereocenters. The lowest BCUT2D eigenvalue weighted by Crippen LogP contribution is -2.45. The first-order valence-corrected chi connectivity index (χ1v) is 5.84. The topological polar surface area (TPSA) is 48.4 Å². The van der Waals surface area contributed by atoms with Crippen molar-refractivity contribution < 1.29 is 5.11 Å². The van der Waals surface area contributed by atoms with Gasteiger partial charge < -0.3 is 15.3 Å². The van der Waals surface area contributed by atoms with Gasteiger partial charge in [0.1, 0.15) is 0 Å². The molecule has 1 aliphatic heterocycles. The molecule has 0 aliphatic carbocycles. The van der Waals surface area contributed by atoms with Crippen LogP contribution in [0.3, 0.4) is 0 Å². The van der Waals surface area contributed by atoms with Crippen molar-refractivity contribution >= 4 is 0 Å². The summed E-state index contributed by atoms with van der Waals surface area (Å²) in [6.45, 7) is 5.34. The number of aromatic nitrogens is 1. The van der Waals surface area contributed by atoms with E-state index in [1.165, 1.54) is 0 Å². The summed E-state index contributed by atoms with van der Waals surface area (Å²) >= 11 is 0. The summed E-state index contributed by atoms with van der Waals surface area (Å²) in [6.07, 6.45) is 3.62. The fourth-order valence-electron chi connectivity index (χ4n) is 2.09. The molecule has 0 radical (unpaired) electrons. The van der Waals surface area contributed by atoms with Gasteiger partial charge in [0.25, 0.3) is 0 Å². The smallest absolute Gasteiger partial charge is 0.0512 e. The quantitative estimate of drug-likeness (QED) is 0.755. The van der Waals surface area contributed by atoms with Crippen molar-refractivity contribution in [3.63, 3.8) is 0 Å². The minimum atomic E-state index is 0.187. The molecule has 1 unspecified atom stereocenters. The molecule has 1 fully saturated rings. The van der Waals surface area contributed by atoms with Crippen molar-refractivity contribution in [2.45, 2.75) is 5.92 Å². The third-order valence-electron chi connectivity index (χ3n) is 3.06. The Morgan fingerprint density at radius 2 is 2.25 bits per heavy atom. The largest absolute Gasteiger partial charge is 0.396 e. The first kappa shape index (κ1) is 11.5. The standard InChI is InChI=1S/C12H19N3O/c16-10-12(11-2-1-3-14-8-11)9-15-6-4-13-5-7-15/h1-3,8,12-13,16H,4-7,9-10H2. The van der Waals surface area contributed by atoms with E-state index in [1.54, 1.807) is 6.20 Å². The molecule has 2 rings (SSSR count). The van der Waals surface area contributed by atoms with E-state index in [0.717, 1.165) is 38.3 Å². The minimum Gasteiger partial charge on any atom is -0.396 e. The van der Waals surface area contributed by atoms with Crippen molar-refractivity contribution in [1.29, 1.82) is 0 Å². The molecule has 0 saturated carbocycles. The van der Waals surface area contributed by atoms with E-state index < -0.39 is 0 Å². The first-order valence-electron chi connectivity index (χ1n) is 5.84. The molecule has 88 valence electrons. The average molecular weight is 221 g/mol. The number of rotatable bonds is 4. The zero-order valence-electron chi connectivity index (χ0n) is 9.47. The van der Waals surface area contributed by atoms with Gasteiger partial charge in [-0.1, -0.05) is 6.07 Å². The van der Waals surface area contributed by atoms with Crippen LogP contribution in [0.2, 0.25) is 0 Å². The molecule has 0 bridgehead atoms. The van der Waals surface area contributed by atoms with E-state index in [4.69, 9.17) is 0 Å². The van der Waals surface area contributed by atoms with E-state index in [2.05, 4.69) is 15.2 Å². The highest BCUT2D eigenvalue weighted by Crippen LogP contribution is 2.15. The number of nitrogens with one attached hydrogen (secondary N) is 1. The van der Waals surface area contributed by atoms with E-state index >= 15 is 0 Å². The number of hydrogen-bond acceptors (Lipinski definition) is 4. The van der Waals surface area contributed by atoms with E-state index in [-0.39, 0.29) is 12.5 Å². The number of aliphatic hydroxyl groups is 1. The van der Waals surface area contributed by atoms with Gasteiger partial charge in [0, 0.05) is 51.0 Å². The maximum atomic E-state index is 9.44. The summed E-state index contributed by atoms with van der Waals surface area (Å²) in [6, 6.07) is 3.96. The summed E-state index contributed by atoms with van der Waals surface area (Å²) < 4.78 is 0. The van der Waals surface area contributed by atoms with Gasteiger partial charge in [0.2, 0.25) is 0 Å². The van der Waals surface area contributed by atoms with Crippen LogP contribution in [-0.2, 0) is 0 Å². The molecule has 1 saturated heterocycles. The summed E-state index contributed by atoms with van der Waals surface area (Å²) in [5, 5.41) is 12.8. The van der Waals surface area contributed by atoms with Crippen LogP contribution in [0.5, 0.6) is 0 Å². The van der Waals surface area contributed by atoms with Crippen molar-refractivity contribution in [1.82, 2.24) is 15.2 Å². The first-order chi connectivity index (χ1) is 7.90. The number of pyridine rings is 1. The Balaban J connectivity index is 1.94. The van der Waals surface area contributed by atoms with Crippen LogP contribution in [0.4, 0.5) is 0 Å². The molecule has 2 N–H and O–H groups in total. The SMILES string of the molecule is OCC(CN1CCNCC1)c1cccnc1. The molecule has 0 spiro atoms. The van der Waals surface area contributed by atoms with E-state index in [0.29, 0.717) is 0 Å². The third-order valence-corrected chi connectivity index (χ3v) is 3.06. The highest BCUT2D eigenvalue weighted by molar-refractivity contribution is 5.15. The van der Waals surface area contributed by atoms with Crippen LogP contribution < -0.4 is 5.32 Å². The fourth-order valence-corrected chi connectivity index (χ4v) is 2.09. The summed E-state index contributed by atoms with van der Waals surface area (Å²) in [7, 11) is 0. The van der Waals surface area contributed by atoms with E-state index in [9.17, 15) is 5.11 Å².